The van der Waals surface area contributed by atoms with Gasteiger partial charge in [0.05, 0.1) is 10.6 Å². The first-order chi connectivity index (χ1) is 19.1. The molecule has 1 aliphatic rings. The molecule has 1 N–H and O–H groups in total. The molecule has 10 heteroatoms. The number of benzene rings is 3. The monoisotopic (exact) mass is 601 g/mol. The molecule has 3 aromatic carbocycles. The number of halogens is 2. The van der Waals surface area contributed by atoms with Crippen LogP contribution in [0.3, 0.4) is 0 Å². The van der Waals surface area contributed by atoms with Crippen LogP contribution < -0.4 is 9.62 Å². The van der Waals surface area contributed by atoms with Crippen molar-refractivity contribution in [2.45, 2.75) is 62.6 Å². The molecule has 1 fully saturated rings. The fourth-order valence-electron chi connectivity index (χ4n) is 4.86. The molecule has 1 atom stereocenters. The van der Waals surface area contributed by atoms with Crippen LogP contribution in [0.25, 0.3) is 0 Å². The Morgan fingerprint density at radius 1 is 0.900 bits per heavy atom. The van der Waals surface area contributed by atoms with Crippen LogP contribution in [-0.4, -0.2) is 43.8 Å². The first-order valence-electron chi connectivity index (χ1n) is 13.3. The molecule has 3 aromatic rings. The fraction of sp³-hybridized carbons (Fsp3) is 0.333. The lowest BCUT2D eigenvalue weighted by molar-refractivity contribution is -0.139. The predicted octanol–water partition coefficient (Wildman–Crippen LogP) is 6.05. The number of amides is 2. The van der Waals surface area contributed by atoms with Crippen LogP contribution in [0, 0.1) is 0 Å². The summed E-state index contributed by atoms with van der Waals surface area (Å²) in [5.74, 6) is -0.801. The highest BCUT2D eigenvalue weighted by Crippen LogP contribution is 2.30. The number of hydrogen-bond acceptors (Lipinski definition) is 4. The molecule has 0 heterocycles. The summed E-state index contributed by atoms with van der Waals surface area (Å²) in [6.07, 6.45) is 5.08. The number of anilines is 1. The molecule has 7 nitrogen and oxygen atoms in total. The van der Waals surface area contributed by atoms with E-state index in [1.807, 2.05) is 30.3 Å². The molecule has 0 bridgehead atoms. The Kier molecular flexibility index (Phi) is 10.1. The first kappa shape index (κ1) is 29.9. The van der Waals surface area contributed by atoms with E-state index in [4.69, 9.17) is 23.2 Å². The second-order valence-electron chi connectivity index (χ2n) is 9.98. The van der Waals surface area contributed by atoms with Gasteiger partial charge in [-0.05, 0) is 55.7 Å². The number of hydrogen-bond donors (Lipinski definition) is 1. The van der Waals surface area contributed by atoms with Crippen molar-refractivity contribution in [3.63, 3.8) is 0 Å². The van der Waals surface area contributed by atoms with Crippen LogP contribution in [0.2, 0.25) is 10.0 Å². The zero-order chi connectivity index (χ0) is 28.7. The third kappa shape index (κ3) is 7.56. The Morgan fingerprint density at radius 3 is 2.08 bits per heavy atom. The summed E-state index contributed by atoms with van der Waals surface area (Å²) in [7, 11) is -4.19. The average molecular weight is 603 g/mol. The Morgan fingerprint density at radius 2 is 1.48 bits per heavy atom. The number of nitrogens with zero attached hydrogens (tertiary/aromatic N) is 2. The van der Waals surface area contributed by atoms with E-state index >= 15 is 0 Å². The van der Waals surface area contributed by atoms with Crippen LogP contribution in [0.15, 0.2) is 83.8 Å². The number of sulfonamides is 1. The fourth-order valence-corrected chi connectivity index (χ4v) is 6.80. The first-order valence-corrected chi connectivity index (χ1v) is 15.5. The van der Waals surface area contributed by atoms with E-state index in [0.717, 1.165) is 42.0 Å². The topological polar surface area (TPSA) is 86.8 Å². The maximum atomic E-state index is 14.0. The smallest absolute Gasteiger partial charge is 0.264 e. The van der Waals surface area contributed by atoms with Gasteiger partial charge in [-0.1, -0.05) is 91.0 Å². The third-order valence-electron chi connectivity index (χ3n) is 7.06. The lowest BCUT2D eigenvalue weighted by Crippen LogP contribution is -2.53. The Labute approximate surface area is 246 Å². The third-order valence-corrected chi connectivity index (χ3v) is 9.28. The van der Waals surface area contributed by atoms with E-state index in [9.17, 15) is 18.0 Å². The number of rotatable bonds is 10. The molecule has 0 aliphatic heterocycles. The summed E-state index contributed by atoms with van der Waals surface area (Å²) < 4.78 is 28.6. The van der Waals surface area contributed by atoms with Gasteiger partial charge in [0.15, 0.2) is 0 Å². The molecule has 0 unspecified atom stereocenters. The normalized spacial score (nSPS) is 14.8. The Hall–Kier alpha value is -3.07. The second-order valence-corrected chi connectivity index (χ2v) is 12.7. The largest absolute Gasteiger partial charge is 0.352 e. The van der Waals surface area contributed by atoms with Crippen molar-refractivity contribution in [2.24, 2.45) is 0 Å². The van der Waals surface area contributed by atoms with Crippen molar-refractivity contribution < 1.29 is 18.0 Å². The average Bonchev–Trinajstić information content (AvgIpc) is 2.95. The highest BCUT2D eigenvalue weighted by molar-refractivity contribution is 7.92. The standard InChI is InChI=1S/C30H33Cl2N3O4S/c1-22(30(37)33-26-13-7-3-8-14-26)34(20-23-11-5-2-6-12-23)29(36)21-35(27-18-24(31)17-25(32)19-27)40(38,39)28-15-9-4-10-16-28/h2,4-6,9-12,15-19,22,26H,3,7-8,13-14,20-21H2,1H3,(H,33,37)/t22-/m1/s1. The molecule has 4 rings (SSSR count). The van der Waals surface area contributed by atoms with Gasteiger partial charge in [0.1, 0.15) is 12.6 Å². The van der Waals surface area contributed by atoms with E-state index in [1.165, 1.54) is 35.2 Å². The lowest BCUT2D eigenvalue weighted by atomic mass is 9.95. The zero-order valence-electron chi connectivity index (χ0n) is 22.3. The summed E-state index contributed by atoms with van der Waals surface area (Å²) in [6, 6.07) is 20.8. The SMILES string of the molecule is C[C@H](C(=O)NC1CCCCC1)N(Cc1ccccc1)C(=O)CN(c1cc(Cl)cc(Cl)c1)S(=O)(=O)c1ccccc1. The Balaban J connectivity index is 1.68. The van der Waals surface area contributed by atoms with Gasteiger partial charge in [0, 0.05) is 22.6 Å². The molecule has 0 spiro atoms. The molecule has 0 saturated heterocycles. The van der Waals surface area contributed by atoms with Gasteiger partial charge >= 0.3 is 0 Å². The van der Waals surface area contributed by atoms with Gasteiger partial charge in [-0.3, -0.25) is 13.9 Å². The van der Waals surface area contributed by atoms with Crippen molar-refractivity contribution in [3.05, 3.63) is 94.5 Å². The van der Waals surface area contributed by atoms with Crippen LogP contribution in [0.5, 0.6) is 0 Å². The van der Waals surface area contributed by atoms with Crippen LogP contribution in [0.1, 0.15) is 44.6 Å². The van der Waals surface area contributed by atoms with Crippen molar-refractivity contribution in [3.8, 4) is 0 Å². The molecule has 40 heavy (non-hydrogen) atoms. The molecule has 0 aromatic heterocycles. The Bertz CT molecular complexity index is 1400. The summed E-state index contributed by atoms with van der Waals surface area (Å²) in [6.45, 7) is 1.25. The lowest BCUT2D eigenvalue weighted by Gasteiger charge is -2.33. The van der Waals surface area contributed by atoms with Gasteiger partial charge < -0.3 is 10.2 Å². The van der Waals surface area contributed by atoms with Crippen LogP contribution in [-0.2, 0) is 26.2 Å². The van der Waals surface area contributed by atoms with Gasteiger partial charge in [-0.15, -0.1) is 0 Å². The van der Waals surface area contributed by atoms with Crippen LogP contribution in [0.4, 0.5) is 5.69 Å². The molecule has 1 saturated carbocycles. The quantitative estimate of drug-likeness (QED) is 0.306. The van der Waals surface area contributed by atoms with Gasteiger partial charge in [0.25, 0.3) is 10.0 Å². The number of carbonyl (C=O) groups excluding carboxylic acids is 2. The van der Waals surface area contributed by atoms with Crippen molar-refractivity contribution in [1.82, 2.24) is 10.2 Å². The molecular weight excluding hydrogens is 569 g/mol. The minimum atomic E-state index is -4.19. The van der Waals surface area contributed by atoms with Crippen LogP contribution >= 0.6 is 23.2 Å². The molecular formula is C30H33Cl2N3O4S. The van der Waals surface area contributed by atoms with Crippen molar-refractivity contribution in [1.29, 1.82) is 0 Å². The molecule has 1 aliphatic carbocycles. The zero-order valence-corrected chi connectivity index (χ0v) is 24.6. The van der Waals surface area contributed by atoms with E-state index in [-0.39, 0.29) is 39.1 Å². The van der Waals surface area contributed by atoms with E-state index in [2.05, 4.69) is 5.32 Å². The second kappa shape index (κ2) is 13.5. The minimum Gasteiger partial charge on any atom is -0.352 e. The minimum absolute atomic E-state index is 0.0107. The van der Waals surface area contributed by atoms with E-state index < -0.39 is 28.5 Å². The summed E-state index contributed by atoms with van der Waals surface area (Å²) >= 11 is 12.5. The highest BCUT2D eigenvalue weighted by atomic mass is 35.5. The summed E-state index contributed by atoms with van der Waals surface area (Å²) in [5.41, 5.74) is 0.963. The molecule has 2 amide bonds. The van der Waals surface area contributed by atoms with Crippen molar-refractivity contribution in [2.75, 3.05) is 10.8 Å². The maximum absolute atomic E-state index is 14.0. The maximum Gasteiger partial charge on any atom is 0.264 e. The summed E-state index contributed by atoms with van der Waals surface area (Å²) in [5, 5.41) is 3.55. The molecule has 212 valence electrons. The van der Waals surface area contributed by atoms with Gasteiger partial charge in [0.2, 0.25) is 11.8 Å². The predicted molar refractivity (Wildman–Crippen MR) is 159 cm³/mol. The summed E-state index contributed by atoms with van der Waals surface area (Å²) in [4.78, 5) is 28.8. The van der Waals surface area contributed by atoms with Gasteiger partial charge in [-0.2, -0.15) is 0 Å². The highest BCUT2D eigenvalue weighted by Gasteiger charge is 2.33. The number of carbonyl (C=O) groups is 2. The van der Waals surface area contributed by atoms with E-state index in [1.54, 1.807) is 25.1 Å². The molecule has 0 radical (unpaired) electrons. The van der Waals surface area contributed by atoms with Gasteiger partial charge in [-0.25, -0.2) is 8.42 Å². The van der Waals surface area contributed by atoms with Crippen molar-refractivity contribution >= 4 is 50.7 Å². The van der Waals surface area contributed by atoms with E-state index in [0.29, 0.717) is 0 Å². The number of nitrogens with one attached hydrogen (secondary N) is 1.